The summed E-state index contributed by atoms with van der Waals surface area (Å²) in [5, 5.41) is 0.132. The minimum atomic E-state index is 0.132. The van der Waals surface area contributed by atoms with E-state index in [9.17, 15) is 0 Å². The SMILES string of the molecule is CCN(CC)c1nc(Cl)nc(Oc2cccc(C)c2C)n1. The van der Waals surface area contributed by atoms with E-state index in [4.69, 9.17) is 16.3 Å². The molecule has 1 aromatic carbocycles. The lowest BCUT2D eigenvalue weighted by Gasteiger charge is -2.18. The summed E-state index contributed by atoms with van der Waals surface area (Å²) in [4.78, 5) is 14.5. The Morgan fingerprint density at radius 3 is 2.48 bits per heavy atom. The molecule has 21 heavy (non-hydrogen) atoms. The van der Waals surface area contributed by atoms with Crippen LogP contribution in [-0.4, -0.2) is 28.0 Å². The van der Waals surface area contributed by atoms with E-state index in [0.717, 1.165) is 30.0 Å². The number of halogens is 1. The van der Waals surface area contributed by atoms with Crippen LogP contribution in [0.2, 0.25) is 5.28 Å². The summed E-state index contributed by atoms with van der Waals surface area (Å²) in [5.74, 6) is 1.25. The standard InChI is InChI=1S/C15H19ClN4O/c1-5-20(6-2)14-17-13(16)18-15(19-14)21-12-9-7-8-10(3)11(12)4/h7-9H,5-6H2,1-4H3. The number of aryl methyl sites for hydroxylation is 1. The number of rotatable bonds is 5. The third kappa shape index (κ3) is 3.61. The summed E-state index contributed by atoms with van der Waals surface area (Å²) >= 11 is 5.98. The van der Waals surface area contributed by atoms with Crippen molar-refractivity contribution < 1.29 is 4.74 Å². The van der Waals surface area contributed by atoms with E-state index < -0.39 is 0 Å². The van der Waals surface area contributed by atoms with Crippen molar-refractivity contribution in [3.05, 3.63) is 34.6 Å². The van der Waals surface area contributed by atoms with Crippen molar-refractivity contribution in [3.63, 3.8) is 0 Å². The summed E-state index contributed by atoms with van der Waals surface area (Å²) in [5.41, 5.74) is 2.20. The monoisotopic (exact) mass is 306 g/mol. The van der Waals surface area contributed by atoms with Crippen molar-refractivity contribution in [2.24, 2.45) is 0 Å². The maximum atomic E-state index is 5.98. The summed E-state index contributed by atoms with van der Waals surface area (Å²) in [7, 11) is 0. The van der Waals surface area contributed by atoms with Crippen molar-refractivity contribution >= 4 is 17.5 Å². The van der Waals surface area contributed by atoms with Crippen LogP contribution in [0.25, 0.3) is 0 Å². The van der Waals surface area contributed by atoms with Gasteiger partial charge < -0.3 is 9.64 Å². The molecule has 0 aliphatic rings. The van der Waals surface area contributed by atoms with Gasteiger partial charge in [0.25, 0.3) is 0 Å². The molecule has 0 fully saturated rings. The van der Waals surface area contributed by atoms with Crippen LogP contribution in [0, 0.1) is 13.8 Å². The average molecular weight is 307 g/mol. The van der Waals surface area contributed by atoms with Gasteiger partial charge in [0.1, 0.15) is 5.75 Å². The van der Waals surface area contributed by atoms with E-state index >= 15 is 0 Å². The van der Waals surface area contributed by atoms with Crippen LogP contribution in [0.5, 0.6) is 11.8 Å². The molecule has 2 rings (SSSR count). The van der Waals surface area contributed by atoms with Gasteiger partial charge in [-0.1, -0.05) is 12.1 Å². The van der Waals surface area contributed by atoms with Gasteiger partial charge in [-0.3, -0.25) is 0 Å². The Morgan fingerprint density at radius 2 is 1.81 bits per heavy atom. The Hall–Kier alpha value is -1.88. The molecule has 0 aliphatic carbocycles. The van der Waals surface area contributed by atoms with E-state index in [0.29, 0.717) is 5.95 Å². The molecule has 0 saturated carbocycles. The first-order valence-electron chi connectivity index (χ1n) is 6.95. The first kappa shape index (κ1) is 15.5. The number of hydrogen-bond donors (Lipinski definition) is 0. The highest BCUT2D eigenvalue weighted by atomic mass is 35.5. The lowest BCUT2D eigenvalue weighted by atomic mass is 10.1. The Balaban J connectivity index is 2.34. The molecule has 0 aliphatic heterocycles. The zero-order valence-electron chi connectivity index (χ0n) is 12.7. The van der Waals surface area contributed by atoms with E-state index in [1.807, 2.05) is 50.8 Å². The minimum Gasteiger partial charge on any atom is -0.424 e. The van der Waals surface area contributed by atoms with Crippen molar-refractivity contribution in [1.29, 1.82) is 0 Å². The van der Waals surface area contributed by atoms with Gasteiger partial charge in [0, 0.05) is 13.1 Å². The largest absolute Gasteiger partial charge is 0.424 e. The van der Waals surface area contributed by atoms with Crippen molar-refractivity contribution in [3.8, 4) is 11.8 Å². The molecule has 0 atom stereocenters. The molecule has 6 heteroatoms. The molecule has 5 nitrogen and oxygen atoms in total. The van der Waals surface area contributed by atoms with E-state index in [1.165, 1.54) is 0 Å². The van der Waals surface area contributed by atoms with Crippen LogP contribution < -0.4 is 9.64 Å². The minimum absolute atomic E-state index is 0.132. The predicted octanol–water partition coefficient (Wildman–Crippen LogP) is 3.78. The number of aromatic nitrogens is 3. The Labute approximate surface area is 130 Å². The fraction of sp³-hybridized carbons (Fsp3) is 0.400. The third-order valence-corrected chi connectivity index (χ3v) is 3.55. The number of nitrogens with zero attached hydrogens (tertiary/aromatic N) is 4. The van der Waals surface area contributed by atoms with Crippen LogP contribution in [-0.2, 0) is 0 Å². The van der Waals surface area contributed by atoms with E-state index in [1.54, 1.807) is 0 Å². The van der Waals surface area contributed by atoms with Gasteiger partial charge >= 0.3 is 6.01 Å². The smallest absolute Gasteiger partial charge is 0.328 e. The van der Waals surface area contributed by atoms with Crippen LogP contribution >= 0.6 is 11.6 Å². The van der Waals surface area contributed by atoms with Crippen LogP contribution in [0.15, 0.2) is 18.2 Å². The molecule has 2 aromatic rings. The number of hydrogen-bond acceptors (Lipinski definition) is 5. The Kier molecular flexibility index (Phi) is 4.96. The molecule has 0 spiro atoms. The maximum Gasteiger partial charge on any atom is 0.328 e. The first-order chi connectivity index (χ1) is 10.0. The van der Waals surface area contributed by atoms with Gasteiger partial charge in [-0.05, 0) is 56.5 Å². The van der Waals surface area contributed by atoms with Gasteiger partial charge in [0.15, 0.2) is 0 Å². The summed E-state index contributed by atoms with van der Waals surface area (Å²) in [6.45, 7) is 9.68. The van der Waals surface area contributed by atoms with Crippen molar-refractivity contribution in [2.45, 2.75) is 27.7 Å². The number of anilines is 1. The normalized spacial score (nSPS) is 10.5. The summed E-state index contributed by atoms with van der Waals surface area (Å²) in [6, 6.07) is 6.07. The fourth-order valence-electron chi connectivity index (χ4n) is 1.95. The maximum absolute atomic E-state index is 5.98. The lowest BCUT2D eigenvalue weighted by Crippen LogP contribution is -2.24. The second-order valence-electron chi connectivity index (χ2n) is 4.66. The zero-order valence-corrected chi connectivity index (χ0v) is 13.5. The van der Waals surface area contributed by atoms with Gasteiger partial charge in [0.05, 0.1) is 0 Å². The molecule has 0 saturated heterocycles. The topological polar surface area (TPSA) is 51.1 Å². The Morgan fingerprint density at radius 1 is 1.10 bits per heavy atom. The molecular formula is C15H19ClN4O. The molecule has 0 unspecified atom stereocenters. The Bertz CT molecular complexity index is 629. The molecule has 112 valence electrons. The second kappa shape index (κ2) is 6.72. The highest BCUT2D eigenvalue weighted by Crippen LogP contribution is 2.26. The molecule has 1 heterocycles. The highest BCUT2D eigenvalue weighted by molar-refractivity contribution is 6.28. The molecule has 0 amide bonds. The van der Waals surface area contributed by atoms with Gasteiger partial charge in [-0.2, -0.15) is 15.0 Å². The van der Waals surface area contributed by atoms with Crippen LogP contribution in [0.3, 0.4) is 0 Å². The van der Waals surface area contributed by atoms with Crippen LogP contribution in [0.4, 0.5) is 5.95 Å². The number of benzene rings is 1. The van der Waals surface area contributed by atoms with Gasteiger partial charge in [-0.15, -0.1) is 0 Å². The third-order valence-electron chi connectivity index (χ3n) is 3.38. The lowest BCUT2D eigenvalue weighted by molar-refractivity contribution is 0.435. The highest BCUT2D eigenvalue weighted by Gasteiger charge is 2.12. The molecular weight excluding hydrogens is 288 g/mol. The van der Waals surface area contributed by atoms with Crippen LogP contribution in [0.1, 0.15) is 25.0 Å². The quantitative estimate of drug-likeness (QED) is 0.841. The summed E-state index contributed by atoms with van der Waals surface area (Å²) in [6.07, 6.45) is 0. The summed E-state index contributed by atoms with van der Waals surface area (Å²) < 4.78 is 5.78. The predicted molar refractivity (Wildman–Crippen MR) is 84.4 cm³/mol. The number of ether oxygens (including phenoxy) is 1. The van der Waals surface area contributed by atoms with Crippen molar-refractivity contribution in [2.75, 3.05) is 18.0 Å². The van der Waals surface area contributed by atoms with Crippen molar-refractivity contribution in [1.82, 2.24) is 15.0 Å². The van der Waals surface area contributed by atoms with Gasteiger partial charge in [-0.25, -0.2) is 0 Å². The molecule has 0 radical (unpaired) electrons. The first-order valence-corrected chi connectivity index (χ1v) is 7.33. The van der Waals surface area contributed by atoms with E-state index in [-0.39, 0.29) is 11.3 Å². The second-order valence-corrected chi connectivity index (χ2v) is 5.00. The fourth-order valence-corrected chi connectivity index (χ4v) is 2.10. The molecule has 1 aromatic heterocycles. The van der Waals surface area contributed by atoms with E-state index in [2.05, 4.69) is 15.0 Å². The molecule has 0 N–H and O–H groups in total. The molecule has 0 bridgehead atoms. The average Bonchev–Trinajstić information content (AvgIpc) is 2.45. The van der Waals surface area contributed by atoms with Gasteiger partial charge in [0.2, 0.25) is 11.2 Å². The zero-order chi connectivity index (χ0) is 15.4.